The van der Waals surface area contributed by atoms with Crippen LogP contribution in [0, 0.1) is 11.3 Å². The number of halogens is 3. The van der Waals surface area contributed by atoms with Gasteiger partial charge < -0.3 is 24.6 Å². The maximum absolute atomic E-state index is 13.5. The highest BCUT2D eigenvalue weighted by Gasteiger charge is 2.40. The van der Waals surface area contributed by atoms with E-state index >= 15 is 0 Å². The van der Waals surface area contributed by atoms with Crippen LogP contribution in [-0.4, -0.2) is 102 Å². The molecule has 2 aromatic rings. The van der Waals surface area contributed by atoms with Gasteiger partial charge in [0.1, 0.15) is 24.0 Å². The Morgan fingerprint density at radius 3 is 2.63 bits per heavy atom. The van der Waals surface area contributed by atoms with Crippen LogP contribution in [0.1, 0.15) is 32.6 Å². The van der Waals surface area contributed by atoms with Gasteiger partial charge in [-0.25, -0.2) is 0 Å². The van der Waals surface area contributed by atoms with Crippen LogP contribution in [0.3, 0.4) is 0 Å². The standard InChI is InChI=1S/C34H38ClF2N7O5/c1-34(32(47)48-20-21-7-12-42(2)13-8-21)9-14-43(15-10-34)28(45)19-44-18-26(40-31(46)24-17-39-25-4-3-11-38-29(24)25)30(41-44)23-16-22(35)5-6-27(23)49-33(36)37/h3-6,11,16-18,21,25,33H,7-10,12-15,19-20H2,1-2H3,(H,40,46). The second-order valence-electron chi connectivity index (χ2n) is 13.0. The highest BCUT2D eigenvalue weighted by molar-refractivity contribution is 6.31. The molecule has 1 unspecified atom stereocenters. The summed E-state index contributed by atoms with van der Waals surface area (Å²) in [5.41, 5.74) is 0.312. The number of nitrogens with zero attached hydrogens (tertiary/aromatic N) is 6. The summed E-state index contributed by atoms with van der Waals surface area (Å²) in [4.78, 5) is 52.5. The fourth-order valence-electron chi connectivity index (χ4n) is 6.35. The Balaban J connectivity index is 1.16. The van der Waals surface area contributed by atoms with Crippen LogP contribution < -0.4 is 10.1 Å². The minimum Gasteiger partial charge on any atom is -0.465 e. The van der Waals surface area contributed by atoms with Crippen molar-refractivity contribution in [1.82, 2.24) is 19.6 Å². The fraction of sp³-hybridized carbons (Fsp3) is 0.471. The number of dihydropyridines is 1. The summed E-state index contributed by atoms with van der Waals surface area (Å²) in [5.74, 6) is -0.887. The number of aliphatic imine (C=N–C) groups is 2. The second-order valence-corrected chi connectivity index (χ2v) is 13.5. The molecular formula is C34H38ClF2N7O5. The molecule has 1 aromatic heterocycles. The summed E-state index contributed by atoms with van der Waals surface area (Å²) in [6.07, 6.45) is 10.9. The summed E-state index contributed by atoms with van der Waals surface area (Å²) >= 11 is 6.24. The Kier molecular flexibility index (Phi) is 10.3. The van der Waals surface area contributed by atoms with Crippen molar-refractivity contribution in [3.63, 3.8) is 0 Å². The van der Waals surface area contributed by atoms with E-state index in [1.165, 1.54) is 35.3 Å². The van der Waals surface area contributed by atoms with Crippen molar-refractivity contribution >= 4 is 47.5 Å². The van der Waals surface area contributed by atoms with Gasteiger partial charge in [-0.3, -0.25) is 29.1 Å². The maximum atomic E-state index is 13.5. The van der Waals surface area contributed by atoms with Crippen LogP contribution in [0.15, 0.2) is 57.8 Å². The van der Waals surface area contributed by atoms with Crippen molar-refractivity contribution in [3.8, 4) is 17.0 Å². The number of amides is 2. The van der Waals surface area contributed by atoms with Gasteiger partial charge in [0.15, 0.2) is 0 Å². The number of likely N-dealkylation sites (tertiary alicyclic amines) is 2. The molecule has 12 nitrogen and oxygen atoms in total. The smallest absolute Gasteiger partial charge is 0.387 e. The van der Waals surface area contributed by atoms with Crippen LogP contribution in [0.25, 0.3) is 11.3 Å². The molecule has 1 atom stereocenters. The van der Waals surface area contributed by atoms with E-state index in [4.69, 9.17) is 21.1 Å². The molecule has 49 heavy (non-hydrogen) atoms. The number of ether oxygens (including phenoxy) is 2. The predicted molar refractivity (Wildman–Crippen MR) is 180 cm³/mol. The largest absolute Gasteiger partial charge is 0.465 e. The van der Waals surface area contributed by atoms with Gasteiger partial charge in [0.2, 0.25) is 5.91 Å². The molecule has 4 aliphatic rings. The molecule has 1 N–H and O–H groups in total. The zero-order valence-electron chi connectivity index (χ0n) is 27.3. The number of aromatic nitrogens is 2. The lowest BCUT2D eigenvalue weighted by atomic mass is 9.80. The number of nitrogens with one attached hydrogen (secondary N) is 1. The van der Waals surface area contributed by atoms with E-state index < -0.39 is 17.9 Å². The number of carbonyl (C=O) groups is 3. The number of rotatable bonds is 10. The highest BCUT2D eigenvalue weighted by Crippen LogP contribution is 2.38. The third kappa shape index (κ3) is 7.91. The molecular weight excluding hydrogens is 660 g/mol. The van der Waals surface area contributed by atoms with Gasteiger partial charge in [0, 0.05) is 42.3 Å². The van der Waals surface area contributed by atoms with E-state index in [9.17, 15) is 23.2 Å². The molecule has 5 heterocycles. The van der Waals surface area contributed by atoms with Gasteiger partial charge >= 0.3 is 12.6 Å². The first-order chi connectivity index (χ1) is 23.5. The predicted octanol–water partition coefficient (Wildman–Crippen LogP) is 4.60. The Bertz CT molecular complexity index is 1720. The highest BCUT2D eigenvalue weighted by atomic mass is 35.5. The number of allylic oxidation sites excluding steroid dienone is 1. The number of fused-ring (bicyclic) bond motifs is 1. The number of benzene rings is 1. The second kappa shape index (κ2) is 14.6. The van der Waals surface area contributed by atoms with Crippen molar-refractivity contribution in [2.75, 3.05) is 45.2 Å². The molecule has 4 aliphatic heterocycles. The van der Waals surface area contributed by atoms with Gasteiger partial charge in [-0.05, 0) is 82.9 Å². The van der Waals surface area contributed by atoms with E-state index in [2.05, 4.69) is 32.3 Å². The summed E-state index contributed by atoms with van der Waals surface area (Å²) < 4.78 is 38.5. The zero-order valence-corrected chi connectivity index (χ0v) is 28.0. The van der Waals surface area contributed by atoms with Crippen LogP contribution in [0.4, 0.5) is 14.5 Å². The van der Waals surface area contributed by atoms with Gasteiger partial charge in [-0.15, -0.1) is 0 Å². The van der Waals surface area contributed by atoms with Crippen LogP contribution in [0.2, 0.25) is 5.02 Å². The number of carbonyl (C=O) groups excluding carboxylic acids is 3. The van der Waals surface area contributed by atoms with E-state index in [0.29, 0.717) is 44.2 Å². The SMILES string of the molecule is CN1CCC(COC(=O)C2(C)CCN(C(=O)Cn3cc(NC(=O)C4=C5N=CC=CC5N=C4)c(-c4cc(Cl)ccc4OC(F)F)n3)CC2)CC1. The van der Waals surface area contributed by atoms with Gasteiger partial charge in [0.05, 0.1) is 29.0 Å². The lowest BCUT2D eigenvalue weighted by Crippen LogP contribution is -2.47. The minimum absolute atomic E-state index is 0.0713. The first kappa shape index (κ1) is 34.4. The molecule has 2 amide bonds. The molecule has 0 bridgehead atoms. The van der Waals surface area contributed by atoms with Crippen molar-refractivity contribution < 1.29 is 32.6 Å². The molecule has 15 heteroatoms. The molecule has 0 saturated carbocycles. The minimum atomic E-state index is -3.13. The van der Waals surface area contributed by atoms with Gasteiger partial charge in [-0.2, -0.15) is 13.9 Å². The van der Waals surface area contributed by atoms with Crippen molar-refractivity contribution in [2.24, 2.45) is 21.3 Å². The molecule has 1 aromatic carbocycles. The Morgan fingerprint density at radius 1 is 1.14 bits per heavy atom. The first-order valence-electron chi connectivity index (χ1n) is 16.2. The van der Waals surface area contributed by atoms with Crippen molar-refractivity contribution in [3.05, 3.63) is 52.8 Å². The number of hydrogen-bond donors (Lipinski definition) is 1. The molecule has 6 rings (SSSR count). The number of esters is 1. The third-order valence-electron chi connectivity index (χ3n) is 9.48. The number of alkyl halides is 2. The quantitative estimate of drug-likeness (QED) is 0.359. The van der Waals surface area contributed by atoms with Crippen LogP contribution >= 0.6 is 11.6 Å². The first-order valence-corrected chi connectivity index (χ1v) is 16.6. The molecule has 0 radical (unpaired) electrons. The number of anilines is 1. The average molecular weight is 698 g/mol. The molecule has 0 aliphatic carbocycles. The van der Waals surface area contributed by atoms with E-state index in [1.54, 1.807) is 23.3 Å². The topological polar surface area (TPSA) is 131 Å². The molecule has 2 fully saturated rings. The lowest BCUT2D eigenvalue weighted by Gasteiger charge is -2.38. The van der Waals surface area contributed by atoms with Gasteiger partial charge in [0.25, 0.3) is 5.91 Å². The van der Waals surface area contributed by atoms with E-state index in [0.717, 1.165) is 25.9 Å². The summed E-state index contributed by atoms with van der Waals surface area (Å²) in [5, 5.41) is 7.52. The lowest BCUT2D eigenvalue weighted by molar-refractivity contribution is -0.161. The van der Waals surface area contributed by atoms with E-state index in [-0.39, 0.29) is 57.8 Å². The average Bonchev–Trinajstić information content (AvgIpc) is 3.69. The third-order valence-corrected chi connectivity index (χ3v) is 9.71. The molecule has 2 saturated heterocycles. The van der Waals surface area contributed by atoms with Crippen LogP contribution in [0.5, 0.6) is 5.75 Å². The molecule has 260 valence electrons. The van der Waals surface area contributed by atoms with Crippen molar-refractivity contribution in [1.29, 1.82) is 0 Å². The zero-order chi connectivity index (χ0) is 34.7. The monoisotopic (exact) mass is 697 g/mol. The number of hydrogen-bond acceptors (Lipinski definition) is 9. The number of piperidine rings is 2. The normalized spacial score (nSPS) is 20.5. The maximum Gasteiger partial charge on any atom is 0.387 e. The molecule has 0 spiro atoms. The Morgan fingerprint density at radius 2 is 1.90 bits per heavy atom. The Labute approximate surface area is 287 Å². The van der Waals surface area contributed by atoms with Crippen LogP contribution in [-0.2, 0) is 25.7 Å². The van der Waals surface area contributed by atoms with Gasteiger partial charge in [-0.1, -0.05) is 17.7 Å². The summed E-state index contributed by atoms with van der Waals surface area (Å²) in [6.45, 7) is 1.64. The summed E-state index contributed by atoms with van der Waals surface area (Å²) in [6, 6.07) is 3.69. The summed E-state index contributed by atoms with van der Waals surface area (Å²) in [7, 11) is 2.09. The Hall–Kier alpha value is -4.43. The van der Waals surface area contributed by atoms with E-state index in [1.807, 2.05) is 6.92 Å². The van der Waals surface area contributed by atoms with Crippen molar-refractivity contribution in [2.45, 2.75) is 51.8 Å². The fourth-order valence-corrected chi connectivity index (χ4v) is 6.52.